The van der Waals surface area contributed by atoms with Crippen molar-refractivity contribution in [3.63, 3.8) is 0 Å². The van der Waals surface area contributed by atoms with Crippen molar-refractivity contribution < 1.29 is 19.0 Å². The normalized spacial score (nSPS) is 15.4. The Hall–Kier alpha value is -2.52. The molecule has 0 aliphatic carbocycles. The maximum atomic E-state index is 12.0. The molecule has 1 aliphatic heterocycles. The van der Waals surface area contributed by atoms with Gasteiger partial charge in [-0.2, -0.15) is 0 Å². The molecular formula is C23H39N5O4. The number of guanidine groups is 1. The van der Waals surface area contributed by atoms with Crippen LogP contribution in [0.2, 0.25) is 0 Å². The summed E-state index contributed by atoms with van der Waals surface area (Å²) in [5.41, 5.74) is 1.01. The summed E-state index contributed by atoms with van der Waals surface area (Å²) in [7, 11) is 6.72. The van der Waals surface area contributed by atoms with Crippen molar-refractivity contribution >= 4 is 11.9 Å². The summed E-state index contributed by atoms with van der Waals surface area (Å²) in [4.78, 5) is 20.9. The molecule has 1 amide bonds. The molecule has 32 heavy (non-hydrogen) atoms. The molecule has 2 N–H and O–H groups in total. The van der Waals surface area contributed by atoms with Gasteiger partial charge < -0.3 is 29.7 Å². The predicted octanol–water partition coefficient (Wildman–Crippen LogP) is 0.937. The Morgan fingerprint density at radius 1 is 1.06 bits per heavy atom. The molecule has 0 saturated carbocycles. The zero-order chi connectivity index (χ0) is 23.6. The second-order valence-electron chi connectivity index (χ2n) is 8.46. The first-order valence-electron chi connectivity index (χ1n) is 11.0. The third-order valence-electron chi connectivity index (χ3n) is 5.73. The van der Waals surface area contributed by atoms with Gasteiger partial charge in [-0.05, 0) is 17.7 Å². The van der Waals surface area contributed by atoms with E-state index < -0.39 is 0 Å². The van der Waals surface area contributed by atoms with Gasteiger partial charge in [0.15, 0.2) is 17.5 Å². The summed E-state index contributed by atoms with van der Waals surface area (Å²) >= 11 is 0. The summed E-state index contributed by atoms with van der Waals surface area (Å²) in [6.07, 6.45) is 0. The van der Waals surface area contributed by atoms with E-state index in [1.165, 1.54) is 0 Å². The highest BCUT2D eigenvalue weighted by Crippen LogP contribution is 2.32. The highest BCUT2D eigenvalue weighted by molar-refractivity contribution is 5.80. The highest BCUT2D eigenvalue weighted by atomic mass is 16.5. The first-order chi connectivity index (χ1) is 15.3. The first-order valence-corrected chi connectivity index (χ1v) is 11.0. The molecule has 1 saturated heterocycles. The zero-order valence-electron chi connectivity index (χ0n) is 20.4. The maximum Gasteiger partial charge on any atom is 0.234 e. The maximum absolute atomic E-state index is 12.0. The number of hydrogen-bond acceptors (Lipinski definition) is 6. The second kappa shape index (κ2) is 12.5. The molecule has 1 heterocycles. The summed E-state index contributed by atoms with van der Waals surface area (Å²) in [6.45, 7) is 9.86. The number of carbonyl (C=O) groups excluding carboxylic acids is 1. The fraction of sp³-hybridized carbons (Fsp3) is 0.652. The van der Waals surface area contributed by atoms with E-state index >= 15 is 0 Å². The quantitative estimate of drug-likeness (QED) is 0.312. The molecule has 180 valence electrons. The Morgan fingerprint density at radius 2 is 1.75 bits per heavy atom. The molecule has 0 radical (unpaired) electrons. The van der Waals surface area contributed by atoms with Crippen LogP contribution in [0.5, 0.6) is 11.5 Å². The van der Waals surface area contributed by atoms with Crippen LogP contribution < -0.4 is 20.1 Å². The van der Waals surface area contributed by atoms with Crippen LogP contribution in [0, 0.1) is 0 Å². The standard InChI is InChI=1S/C23H39N5O4/c1-23(2,18-7-8-19(31-5)20(15-18)32-6)17-26-22(24-3)28-12-10-27(11-13-28)16-21(29)25-9-14-30-4/h7-8,15H,9-14,16-17H2,1-6H3,(H,24,26)(H,25,29). The zero-order valence-corrected chi connectivity index (χ0v) is 20.4. The van der Waals surface area contributed by atoms with Crippen LogP contribution in [0.25, 0.3) is 0 Å². The number of rotatable bonds is 10. The van der Waals surface area contributed by atoms with Gasteiger partial charge in [-0.15, -0.1) is 0 Å². The first kappa shape index (κ1) is 25.7. The van der Waals surface area contributed by atoms with Crippen LogP contribution in [0.1, 0.15) is 19.4 Å². The van der Waals surface area contributed by atoms with Crippen LogP contribution in [-0.2, 0) is 14.9 Å². The summed E-state index contributed by atoms with van der Waals surface area (Å²) in [5, 5.41) is 6.40. The van der Waals surface area contributed by atoms with Crippen LogP contribution in [0.4, 0.5) is 0 Å². The van der Waals surface area contributed by atoms with E-state index in [9.17, 15) is 4.79 Å². The average molecular weight is 450 g/mol. The molecule has 1 fully saturated rings. The van der Waals surface area contributed by atoms with E-state index in [0.717, 1.165) is 55.7 Å². The average Bonchev–Trinajstić information content (AvgIpc) is 2.80. The van der Waals surface area contributed by atoms with Gasteiger partial charge in [0.25, 0.3) is 0 Å². The number of nitrogens with one attached hydrogen (secondary N) is 2. The molecule has 0 bridgehead atoms. The molecule has 1 aliphatic rings. The van der Waals surface area contributed by atoms with Crippen molar-refractivity contribution in [1.82, 2.24) is 20.4 Å². The van der Waals surface area contributed by atoms with Crippen LogP contribution in [-0.4, -0.2) is 102 Å². The lowest BCUT2D eigenvalue weighted by molar-refractivity contribution is -0.122. The van der Waals surface area contributed by atoms with Gasteiger partial charge in [-0.3, -0.25) is 14.7 Å². The van der Waals surface area contributed by atoms with E-state index in [1.54, 1.807) is 28.4 Å². The van der Waals surface area contributed by atoms with Crippen molar-refractivity contribution in [2.24, 2.45) is 4.99 Å². The Bertz CT molecular complexity index is 761. The lowest BCUT2D eigenvalue weighted by Gasteiger charge is -2.37. The molecule has 1 aromatic rings. The highest BCUT2D eigenvalue weighted by Gasteiger charge is 2.25. The van der Waals surface area contributed by atoms with E-state index in [4.69, 9.17) is 14.2 Å². The number of aliphatic imine (C=N–C) groups is 1. The fourth-order valence-corrected chi connectivity index (χ4v) is 3.66. The Morgan fingerprint density at radius 3 is 2.34 bits per heavy atom. The summed E-state index contributed by atoms with van der Waals surface area (Å²) < 4.78 is 15.8. The van der Waals surface area contributed by atoms with Crippen molar-refractivity contribution in [3.8, 4) is 11.5 Å². The number of ether oxygens (including phenoxy) is 3. The topological polar surface area (TPSA) is 87.7 Å². The van der Waals surface area contributed by atoms with Crippen molar-refractivity contribution in [2.45, 2.75) is 19.3 Å². The van der Waals surface area contributed by atoms with Gasteiger partial charge in [0.1, 0.15) is 0 Å². The third-order valence-corrected chi connectivity index (χ3v) is 5.73. The number of methoxy groups -OCH3 is 3. The Labute approximate surface area is 192 Å². The molecule has 0 unspecified atom stereocenters. The lowest BCUT2D eigenvalue weighted by Crippen LogP contribution is -2.55. The van der Waals surface area contributed by atoms with Gasteiger partial charge in [0.05, 0.1) is 27.4 Å². The molecule has 0 atom stereocenters. The minimum absolute atomic E-state index is 0.0367. The van der Waals surface area contributed by atoms with Gasteiger partial charge in [0, 0.05) is 58.8 Å². The third kappa shape index (κ3) is 7.27. The fourth-order valence-electron chi connectivity index (χ4n) is 3.66. The monoisotopic (exact) mass is 449 g/mol. The van der Waals surface area contributed by atoms with Gasteiger partial charge in [-0.1, -0.05) is 19.9 Å². The van der Waals surface area contributed by atoms with Crippen LogP contribution in [0.3, 0.4) is 0 Å². The second-order valence-corrected chi connectivity index (χ2v) is 8.46. The smallest absolute Gasteiger partial charge is 0.234 e. The van der Waals surface area contributed by atoms with Crippen molar-refractivity contribution in [2.75, 3.05) is 80.8 Å². The Balaban J connectivity index is 1.87. The molecule has 1 aromatic carbocycles. The molecule has 0 aromatic heterocycles. The number of benzene rings is 1. The number of piperazine rings is 1. The van der Waals surface area contributed by atoms with Gasteiger partial charge >= 0.3 is 0 Å². The SMILES string of the molecule is CN=C(NCC(C)(C)c1ccc(OC)c(OC)c1)N1CCN(CC(=O)NCCOC)CC1. The van der Waals surface area contributed by atoms with E-state index in [2.05, 4.69) is 45.3 Å². The summed E-state index contributed by atoms with van der Waals surface area (Å²) in [5.74, 6) is 2.36. The number of amides is 1. The minimum Gasteiger partial charge on any atom is -0.493 e. The molecule has 2 rings (SSSR count). The van der Waals surface area contributed by atoms with E-state index in [-0.39, 0.29) is 11.3 Å². The summed E-state index contributed by atoms with van der Waals surface area (Å²) in [6, 6.07) is 6.04. The van der Waals surface area contributed by atoms with E-state index in [0.29, 0.717) is 19.7 Å². The molecular weight excluding hydrogens is 410 g/mol. The predicted molar refractivity (Wildman–Crippen MR) is 127 cm³/mol. The molecule has 0 spiro atoms. The van der Waals surface area contributed by atoms with Gasteiger partial charge in [-0.25, -0.2) is 0 Å². The molecule has 9 heteroatoms. The van der Waals surface area contributed by atoms with Crippen LogP contribution >= 0.6 is 0 Å². The van der Waals surface area contributed by atoms with Crippen molar-refractivity contribution in [1.29, 1.82) is 0 Å². The number of hydrogen-bond donors (Lipinski definition) is 2. The number of carbonyl (C=O) groups is 1. The van der Waals surface area contributed by atoms with Crippen LogP contribution in [0.15, 0.2) is 23.2 Å². The lowest BCUT2D eigenvalue weighted by atomic mass is 9.84. The van der Waals surface area contributed by atoms with Gasteiger partial charge in [0.2, 0.25) is 5.91 Å². The molecule has 9 nitrogen and oxygen atoms in total. The number of nitrogens with zero attached hydrogens (tertiary/aromatic N) is 3. The van der Waals surface area contributed by atoms with Crippen molar-refractivity contribution in [3.05, 3.63) is 23.8 Å². The largest absolute Gasteiger partial charge is 0.493 e. The minimum atomic E-state index is -0.141. The van der Waals surface area contributed by atoms with E-state index in [1.807, 2.05) is 12.1 Å². The Kier molecular flexibility index (Phi) is 10.1.